The number of hydrogen-bond donors (Lipinski definition) is 1. The van der Waals surface area contributed by atoms with Crippen LogP contribution < -0.4 is 0 Å². The van der Waals surface area contributed by atoms with E-state index in [1.165, 1.54) is 24.3 Å². The smallest absolute Gasteiger partial charge is 0.386 e. The molecule has 0 spiro atoms. The lowest BCUT2D eigenvalue weighted by Gasteiger charge is -2.11. The minimum atomic E-state index is -4.55. The Bertz CT molecular complexity index is 654. The first-order valence-corrected chi connectivity index (χ1v) is 5.80. The molecule has 21 heavy (non-hydrogen) atoms. The number of halogens is 3. The average Bonchev–Trinajstić information content (AvgIpc) is 2.87. The lowest BCUT2D eigenvalue weighted by atomic mass is 10.1. The van der Waals surface area contributed by atoms with Gasteiger partial charge in [-0.15, -0.1) is 0 Å². The molecule has 9 heteroatoms. The van der Waals surface area contributed by atoms with Gasteiger partial charge in [0, 0.05) is 18.3 Å². The first-order valence-electron chi connectivity index (χ1n) is 5.80. The molecule has 1 heterocycles. The number of benzene rings is 1. The van der Waals surface area contributed by atoms with Gasteiger partial charge in [-0.1, -0.05) is 12.1 Å². The van der Waals surface area contributed by atoms with Gasteiger partial charge in [0.1, 0.15) is 0 Å². The molecule has 0 amide bonds. The third-order valence-electron chi connectivity index (χ3n) is 2.76. The minimum absolute atomic E-state index is 0.206. The third kappa shape index (κ3) is 3.57. The summed E-state index contributed by atoms with van der Waals surface area (Å²) in [6.07, 6.45) is -4.67. The highest BCUT2D eigenvalue weighted by Gasteiger charge is 2.33. The zero-order valence-corrected chi connectivity index (χ0v) is 10.5. The number of aromatic nitrogens is 2. The third-order valence-corrected chi connectivity index (χ3v) is 2.76. The van der Waals surface area contributed by atoms with Gasteiger partial charge in [0.2, 0.25) is 0 Å². The molecular weight excluding hydrogens is 291 g/mol. The number of nitrogens with zero attached hydrogens (tertiary/aromatic N) is 3. The van der Waals surface area contributed by atoms with Crippen molar-refractivity contribution in [2.45, 2.75) is 18.8 Å². The SMILES string of the molecule is O=[N+]([O-])c1cccc(C(O)Cn2ccc(C(F)(F)F)n2)c1. The van der Waals surface area contributed by atoms with E-state index in [1.54, 1.807) is 0 Å². The summed E-state index contributed by atoms with van der Waals surface area (Å²) in [5.41, 5.74) is -1.04. The van der Waals surface area contributed by atoms with Crippen molar-refractivity contribution in [1.29, 1.82) is 0 Å². The van der Waals surface area contributed by atoms with Gasteiger partial charge < -0.3 is 5.11 Å². The molecule has 0 bridgehead atoms. The standard InChI is InChI=1S/C12H10F3N3O3/c13-12(14,15)11-4-5-17(16-11)7-10(19)8-2-1-3-9(6-8)18(20)21/h1-6,10,19H,7H2. The van der Waals surface area contributed by atoms with Crippen LogP contribution in [0.15, 0.2) is 36.5 Å². The van der Waals surface area contributed by atoms with Crippen LogP contribution in [0.1, 0.15) is 17.4 Å². The van der Waals surface area contributed by atoms with Crippen LogP contribution in [0.2, 0.25) is 0 Å². The number of rotatable bonds is 4. The van der Waals surface area contributed by atoms with Crippen molar-refractivity contribution in [3.63, 3.8) is 0 Å². The second kappa shape index (κ2) is 5.52. The van der Waals surface area contributed by atoms with Crippen molar-refractivity contribution in [2.24, 2.45) is 0 Å². The van der Waals surface area contributed by atoms with Crippen molar-refractivity contribution in [3.8, 4) is 0 Å². The van der Waals surface area contributed by atoms with E-state index in [4.69, 9.17) is 0 Å². The Hall–Kier alpha value is -2.42. The highest BCUT2D eigenvalue weighted by atomic mass is 19.4. The van der Waals surface area contributed by atoms with Crippen LogP contribution in [0.25, 0.3) is 0 Å². The fourth-order valence-electron chi connectivity index (χ4n) is 1.74. The monoisotopic (exact) mass is 301 g/mol. The fraction of sp³-hybridized carbons (Fsp3) is 0.250. The van der Waals surface area contributed by atoms with E-state index in [0.29, 0.717) is 0 Å². The zero-order chi connectivity index (χ0) is 15.6. The van der Waals surface area contributed by atoms with Crippen molar-refractivity contribution >= 4 is 5.69 Å². The highest BCUT2D eigenvalue weighted by Crippen LogP contribution is 2.27. The summed E-state index contributed by atoms with van der Waals surface area (Å²) in [5.74, 6) is 0. The molecule has 0 fully saturated rings. The molecule has 112 valence electrons. The van der Waals surface area contributed by atoms with E-state index in [-0.39, 0.29) is 17.8 Å². The highest BCUT2D eigenvalue weighted by molar-refractivity contribution is 5.35. The molecule has 0 radical (unpaired) electrons. The predicted octanol–water partition coefficient (Wildman–Crippen LogP) is 2.54. The first kappa shape index (κ1) is 15.0. The minimum Gasteiger partial charge on any atom is -0.386 e. The second-order valence-corrected chi connectivity index (χ2v) is 4.29. The Morgan fingerprint density at radius 3 is 2.67 bits per heavy atom. The molecule has 0 aliphatic carbocycles. The molecule has 6 nitrogen and oxygen atoms in total. The number of nitro benzene ring substituents is 1. The second-order valence-electron chi connectivity index (χ2n) is 4.29. The maximum Gasteiger partial charge on any atom is 0.435 e. The Balaban J connectivity index is 2.14. The van der Waals surface area contributed by atoms with Gasteiger partial charge in [0.25, 0.3) is 5.69 Å². The number of aliphatic hydroxyl groups excluding tert-OH is 1. The van der Waals surface area contributed by atoms with Crippen LogP contribution in [0, 0.1) is 10.1 Å². The maximum absolute atomic E-state index is 12.4. The van der Waals surface area contributed by atoms with Gasteiger partial charge in [-0.05, 0) is 11.6 Å². The van der Waals surface area contributed by atoms with E-state index in [0.717, 1.165) is 16.9 Å². The Labute approximate surface area is 116 Å². The zero-order valence-electron chi connectivity index (χ0n) is 10.5. The molecule has 1 N–H and O–H groups in total. The Morgan fingerprint density at radius 1 is 1.38 bits per heavy atom. The molecule has 0 aliphatic rings. The van der Waals surface area contributed by atoms with Gasteiger partial charge >= 0.3 is 6.18 Å². The van der Waals surface area contributed by atoms with Crippen LogP contribution in [0.3, 0.4) is 0 Å². The lowest BCUT2D eigenvalue weighted by Crippen LogP contribution is -2.12. The molecule has 0 saturated heterocycles. The normalized spacial score (nSPS) is 13.1. The van der Waals surface area contributed by atoms with E-state index in [9.17, 15) is 28.4 Å². The van der Waals surface area contributed by atoms with Crippen molar-refractivity contribution in [1.82, 2.24) is 9.78 Å². The molecule has 1 aromatic carbocycles. The Kier molecular flexibility index (Phi) is 3.94. The number of non-ortho nitro benzene ring substituents is 1. The largest absolute Gasteiger partial charge is 0.435 e. The van der Waals surface area contributed by atoms with Crippen LogP contribution in [0.4, 0.5) is 18.9 Å². The van der Waals surface area contributed by atoms with Crippen LogP contribution >= 0.6 is 0 Å². The van der Waals surface area contributed by atoms with Crippen molar-refractivity contribution in [2.75, 3.05) is 0 Å². The quantitative estimate of drug-likeness (QED) is 0.695. The summed E-state index contributed by atoms with van der Waals surface area (Å²) >= 11 is 0. The molecule has 0 aliphatic heterocycles. The summed E-state index contributed by atoms with van der Waals surface area (Å²) in [7, 11) is 0. The number of alkyl halides is 3. The number of aliphatic hydroxyl groups is 1. The summed E-state index contributed by atoms with van der Waals surface area (Å²) < 4.78 is 38.1. The van der Waals surface area contributed by atoms with Crippen LogP contribution in [-0.2, 0) is 12.7 Å². The van der Waals surface area contributed by atoms with E-state index >= 15 is 0 Å². The van der Waals surface area contributed by atoms with Gasteiger partial charge in [-0.2, -0.15) is 18.3 Å². The summed E-state index contributed by atoms with van der Waals surface area (Å²) in [6.45, 7) is -0.239. The summed E-state index contributed by atoms with van der Waals surface area (Å²) in [6, 6.07) is 6.05. The van der Waals surface area contributed by atoms with Gasteiger partial charge in [0.15, 0.2) is 5.69 Å². The topological polar surface area (TPSA) is 81.2 Å². The molecule has 1 aromatic heterocycles. The van der Waals surface area contributed by atoms with E-state index in [2.05, 4.69) is 5.10 Å². The predicted molar refractivity (Wildman–Crippen MR) is 65.3 cm³/mol. The molecule has 2 aromatic rings. The number of nitro groups is 1. The molecule has 0 saturated carbocycles. The number of hydrogen-bond acceptors (Lipinski definition) is 4. The molecule has 2 rings (SSSR count). The summed E-state index contributed by atoms with van der Waals surface area (Å²) in [5, 5.41) is 23.9. The molecular formula is C12H10F3N3O3. The van der Waals surface area contributed by atoms with E-state index in [1.807, 2.05) is 0 Å². The first-order chi connectivity index (χ1) is 9.77. The summed E-state index contributed by atoms with van der Waals surface area (Å²) in [4.78, 5) is 10.0. The van der Waals surface area contributed by atoms with Crippen molar-refractivity contribution in [3.05, 3.63) is 57.9 Å². The average molecular weight is 301 g/mol. The molecule has 1 atom stereocenters. The van der Waals surface area contributed by atoms with Crippen molar-refractivity contribution < 1.29 is 23.2 Å². The van der Waals surface area contributed by atoms with Crippen LogP contribution in [-0.4, -0.2) is 19.8 Å². The van der Waals surface area contributed by atoms with E-state index < -0.39 is 22.9 Å². The van der Waals surface area contributed by atoms with Crippen LogP contribution in [0.5, 0.6) is 0 Å². The molecule has 1 unspecified atom stereocenters. The Morgan fingerprint density at radius 2 is 2.10 bits per heavy atom. The van der Waals surface area contributed by atoms with Gasteiger partial charge in [-0.3, -0.25) is 14.8 Å². The van der Waals surface area contributed by atoms with Gasteiger partial charge in [0.05, 0.1) is 17.6 Å². The van der Waals surface area contributed by atoms with Gasteiger partial charge in [-0.25, -0.2) is 0 Å². The fourth-order valence-corrected chi connectivity index (χ4v) is 1.74. The maximum atomic E-state index is 12.4. The lowest BCUT2D eigenvalue weighted by molar-refractivity contribution is -0.385.